The van der Waals surface area contributed by atoms with Gasteiger partial charge in [-0.15, -0.1) is 0 Å². The molecule has 0 aromatic heterocycles. The lowest BCUT2D eigenvalue weighted by atomic mass is 10.2. The standard InChI is InChI=1S/C12H18N2O/c1-10-9-13-7-8-14(10)11-3-5-12(15-2)6-4-11/h3-6,10,13H,7-9H2,1-2H3/t10-/m1/s1. The van der Waals surface area contributed by atoms with Crippen molar-refractivity contribution < 1.29 is 4.74 Å². The third-order valence-corrected chi connectivity index (χ3v) is 2.91. The molecule has 1 aliphatic heterocycles. The van der Waals surface area contributed by atoms with Crippen molar-refractivity contribution in [3.8, 4) is 5.75 Å². The minimum Gasteiger partial charge on any atom is -0.497 e. The predicted molar refractivity (Wildman–Crippen MR) is 62.7 cm³/mol. The van der Waals surface area contributed by atoms with Crippen molar-refractivity contribution in [2.24, 2.45) is 0 Å². The molecule has 0 saturated carbocycles. The highest BCUT2D eigenvalue weighted by atomic mass is 16.5. The molecule has 0 unspecified atom stereocenters. The molecule has 15 heavy (non-hydrogen) atoms. The Morgan fingerprint density at radius 3 is 2.67 bits per heavy atom. The molecule has 0 radical (unpaired) electrons. The maximum atomic E-state index is 5.15. The molecule has 1 fully saturated rings. The fourth-order valence-corrected chi connectivity index (χ4v) is 2.00. The fraction of sp³-hybridized carbons (Fsp3) is 0.500. The molecule has 1 aromatic rings. The maximum Gasteiger partial charge on any atom is 0.119 e. The van der Waals surface area contributed by atoms with Crippen molar-refractivity contribution in [3.05, 3.63) is 24.3 Å². The van der Waals surface area contributed by atoms with Crippen molar-refractivity contribution in [2.45, 2.75) is 13.0 Å². The molecule has 1 heterocycles. The van der Waals surface area contributed by atoms with E-state index in [1.165, 1.54) is 5.69 Å². The van der Waals surface area contributed by atoms with Crippen LogP contribution in [0.2, 0.25) is 0 Å². The predicted octanol–water partition coefficient (Wildman–Crippen LogP) is 1.49. The van der Waals surface area contributed by atoms with Gasteiger partial charge in [0.1, 0.15) is 5.75 Å². The zero-order valence-corrected chi connectivity index (χ0v) is 9.36. The SMILES string of the molecule is COc1ccc(N2CCNC[C@H]2C)cc1. The van der Waals surface area contributed by atoms with Gasteiger partial charge in [0.25, 0.3) is 0 Å². The van der Waals surface area contributed by atoms with Crippen LogP contribution < -0.4 is 15.0 Å². The van der Waals surface area contributed by atoms with Crippen LogP contribution in [0.15, 0.2) is 24.3 Å². The average molecular weight is 206 g/mol. The molecule has 1 aromatic carbocycles. The highest BCUT2D eigenvalue weighted by molar-refractivity contribution is 5.50. The summed E-state index contributed by atoms with van der Waals surface area (Å²) in [4.78, 5) is 2.43. The van der Waals surface area contributed by atoms with Crippen LogP contribution in [0.25, 0.3) is 0 Å². The van der Waals surface area contributed by atoms with Crippen LogP contribution in [-0.2, 0) is 0 Å². The van der Waals surface area contributed by atoms with E-state index in [0.29, 0.717) is 6.04 Å². The molecule has 0 amide bonds. The summed E-state index contributed by atoms with van der Waals surface area (Å²) in [5, 5.41) is 3.39. The Balaban J connectivity index is 2.13. The van der Waals surface area contributed by atoms with Gasteiger partial charge in [-0.25, -0.2) is 0 Å². The lowest BCUT2D eigenvalue weighted by Gasteiger charge is -2.35. The van der Waals surface area contributed by atoms with Crippen LogP contribution in [0.1, 0.15) is 6.92 Å². The zero-order valence-electron chi connectivity index (χ0n) is 9.36. The highest BCUT2D eigenvalue weighted by Crippen LogP contribution is 2.21. The number of anilines is 1. The van der Waals surface area contributed by atoms with Crippen molar-refractivity contribution >= 4 is 5.69 Å². The molecule has 1 aliphatic rings. The summed E-state index contributed by atoms with van der Waals surface area (Å²) in [5.41, 5.74) is 1.28. The van der Waals surface area contributed by atoms with Gasteiger partial charge in [0.05, 0.1) is 7.11 Å². The van der Waals surface area contributed by atoms with E-state index in [-0.39, 0.29) is 0 Å². The van der Waals surface area contributed by atoms with E-state index in [4.69, 9.17) is 4.74 Å². The molecule has 1 saturated heterocycles. The second-order valence-electron chi connectivity index (χ2n) is 3.94. The quantitative estimate of drug-likeness (QED) is 0.793. The van der Waals surface area contributed by atoms with Gasteiger partial charge < -0.3 is 15.0 Å². The van der Waals surface area contributed by atoms with E-state index in [1.54, 1.807) is 7.11 Å². The van der Waals surface area contributed by atoms with E-state index in [9.17, 15) is 0 Å². The summed E-state index contributed by atoms with van der Waals surface area (Å²) >= 11 is 0. The topological polar surface area (TPSA) is 24.5 Å². The molecule has 2 rings (SSSR count). The lowest BCUT2D eigenvalue weighted by molar-refractivity contribution is 0.414. The van der Waals surface area contributed by atoms with Crippen LogP contribution in [0.3, 0.4) is 0 Å². The van der Waals surface area contributed by atoms with Crippen molar-refractivity contribution in [1.29, 1.82) is 0 Å². The van der Waals surface area contributed by atoms with Crippen LogP contribution in [-0.4, -0.2) is 32.8 Å². The minimum atomic E-state index is 0.562. The average Bonchev–Trinajstić information content (AvgIpc) is 2.30. The Labute approximate surface area is 91.0 Å². The van der Waals surface area contributed by atoms with Crippen LogP contribution in [0.4, 0.5) is 5.69 Å². The molecule has 3 nitrogen and oxygen atoms in total. The Kier molecular flexibility index (Phi) is 3.11. The maximum absolute atomic E-state index is 5.15. The zero-order chi connectivity index (χ0) is 10.7. The fourth-order valence-electron chi connectivity index (χ4n) is 2.00. The molecule has 1 atom stereocenters. The summed E-state index contributed by atoms with van der Waals surface area (Å²) in [7, 11) is 1.70. The number of methoxy groups -OCH3 is 1. The monoisotopic (exact) mass is 206 g/mol. The van der Waals surface area contributed by atoms with Gasteiger partial charge in [0.15, 0.2) is 0 Å². The number of piperazine rings is 1. The lowest BCUT2D eigenvalue weighted by Crippen LogP contribution is -2.49. The van der Waals surface area contributed by atoms with Crippen molar-refractivity contribution in [2.75, 3.05) is 31.6 Å². The first-order valence-electron chi connectivity index (χ1n) is 5.42. The number of hydrogen-bond acceptors (Lipinski definition) is 3. The normalized spacial score (nSPS) is 21.5. The van der Waals surface area contributed by atoms with Crippen LogP contribution >= 0.6 is 0 Å². The molecule has 0 bridgehead atoms. The van der Waals surface area contributed by atoms with Gasteiger partial charge in [-0.3, -0.25) is 0 Å². The number of benzene rings is 1. The Morgan fingerprint density at radius 2 is 2.07 bits per heavy atom. The molecule has 3 heteroatoms. The number of rotatable bonds is 2. The number of ether oxygens (including phenoxy) is 1. The summed E-state index contributed by atoms with van der Waals surface area (Å²) in [6, 6.07) is 8.85. The summed E-state index contributed by atoms with van der Waals surface area (Å²) in [5.74, 6) is 0.918. The van der Waals surface area contributed by atoms with Gasteiger partial charge in [0.2, 0.25) is 0 Å². The molecule has 0 spiro atoms. The molecule has 1 N–H and O–H groups in total. The highest BCUT2D eigenvalue weighted by Gasteiger charge is 2.17. The molecule has 82 valence electrons. The minimum absolute atomic E-state index is 0.562. The summed E-state index contributed by atoms with van der Waals surface area (Å²) < 4.78 is 5.15. The van der Waals surface area contributed by atoms with Crippen LogP contribution in [0.5, 0.6) is 5.75 Å². The largest absolute Gasteiger partial charge is 0.497 e. The van der Waals surface area contributed by atoms with Crippen molar-refractivity contribution in [1.82, 2.24) is 5.32 Å². The first kappa shape index (κ1) is 10.3. The second kappa shape index (κ2) is 4.53. The van der Waals surface area contributed by atoms with Crippen LogP contribution in [0, 0.1) is 0 Å². The van der Waals surface area contributed by atoms with Gasteiger partial charge in [-0.2, -0.15) is 0 Å². The van der Waals surface area contributed by atoms with Gasteiger partial charge in [-0.1, -0.05) is 0 Å². The number of nitrogens with one attached hydrogen (secondary N) is 1. The molecular weight excluding hydrogens is 188 g/mol. The Hall–Kier alpha value is -1.22. The summed E-state index contributed by atoms with van der Waals surface area (Å²) in [6.45, 7) is 5.45. The smallest absolute Gasteiger partial charge is 0.119 e. The first-order valence-corrected chi connectivity index (χ1v) is 5.42. The van der Waals surface area contributed by atoms with Gasteiger partial charge >= 0.3 is 0 Å². The van der Waals surface area contributed by atoms with Gasteiger partial charge in [-0.05, 0) is 31.2 Å². The van der Waals surface area contributed by atoms with E-state index in [2.05, 4.69) is 29.3 Å². The summed E-state index contributed by atoms with van der Waals surface area (Å²) in [6.07, 6.45) is 0. The molecule has 0 aliphatic carbocycles. The third kappa shape index (κ3) is 2.23. The van der Waals surface area contributed by atoms with E-state index in [0.717, 1.165) is 25.4 Å². The Morgan fingerprint density at radius 1 is 1.33 bits per heavy atom. The number of nitrogens with zero attached hydrogens (tertiary/aromatic N) is 1. The Bertz CT molecular complexity index is 310. The van der Waals surface area contributed by atoms with Crippen molar-refractivity contribution in [3.63, 3.8) is 0 Å². The first-order chi connectivity index (χ1) is 7.31. The van der Waals surface area contributed by atoms with E-state index < -0.39 is 0 Å². The molecular formula is C12H18N2O. The van der Waals surface area contributed by atoms with E-state index in [1.807, 2.05) is 12.1 Å². The third-order valence-electron chi connectivity index (χ3n) is 2.91. The van der Waals surface area contributed by atoms with Gasteiger partial charge in [0, 0.05) is 31.4 Å². The second-order valence-corrected chi connectivity index (χ2v) is 3.94. The van der Waals surface area contributed by atoms with E-state index >= 15 is 0 Å². The number of hydrogen-bond donors (Lipinski definition) is 1.